The maximum Gasteiger partial charge on any atom is 0.135 e. The lowest BCUT2D eigenvalue weighted by Crippen LogP contribution is -2.19. The van der Waals surface area contributed by atoms with Crippen molar-refractivity contribution in [1.82, 2.24) is 9.97 Å². The molecule has 0 bridgehead atoms. The number of rotatable bonds is 4. The van der Waals surface area contributed by atoms with Crippen LogP contribution >= 0.6 is 11.8 Å². The van der Waals surface area contributed by atoms with Crippen LogP contribution < -0.4 is 10.2 Å². The van der Waals surface area contributed by atoms with Crippen molar-refractivity contribution in [3.05, 3.63) is 36.7 Å². The average molecular weight is 286 g/mol. The molecule has 0 spiro atoms. The standard InChI is InChI=1S/C15H18N4S/c1-20-13-7-3-2-6-12(13)18-14-10-15(17-11-16-14)19-8-4-5-9-19/h2-3,6-7,10-11H,4-5,8-9H2,1H3,(H,16,17,18). The molecule has 0 amide bonds. The second-order valence-corrected chi connectivity index (χ2v) is 5.63. The highest BCUT2D eigenvalue weighted by molar-refractivity contribution is 7.98. The molecular formula is C15H18N4S. The summed E-state index contributed by atoms with van der Waals surface area (Å²) in [4.78, 5) is 12.2. The number of thioether (sulfide) groups is 1. The van der Waals surface area contributed by atoms with E-state index in [1.807, 2.05) is 18.2 Å². The maximum atomic E-state index is 4.38. The molecule has 0 radical (unpaired) electrons. The molecule has 3 rings (SSSR count). The molecule has 0 aliphatic carbocycles. The predicted octanol–water partition coefficient (Wildman–Crippen LogP) is 3.54. The minimum Gasteiger partial charge on any atom is -0.356 e. The van der Waals surface area contributed by atoms with E-state index in [0.29, 0.717) is 0 Å². The van der Waals surface area contributed by atoms with Crippen LogP contribution in [0.5, 0.6) is 0 Å². The van der Waals surface area contributed by atoms with E-state index in [4.69, 9.17) is 0 Å². The molecule has 1 N–H and O–H groups in total. The van der Waals surface area contributed by atoms with Gasteiger partial charge in [0.05, 0.1) is 5.69 Å². The molecule has 1 aliphatic rings. The van der Waals surface area contributed by atoms with Crippen LogP contribution in [0.1, 0.15) is 12.8 Å². The topological polar surface area (TPSA) is 41.0 Å². The number of hydrogen-bond acceptors (Lipinski definition) is 5. The second-order valence-electron chi connectivity index (χ2n) is 4.78. The van der Waals surface area contributed by atoms with Gasteiger partial charge in [0.15, 0.2) is 0 Å². The average Bonchev–Trinajstić information content (AvgIpc) is 3.02. The van der Waals surface area contributed by atoms with Gasteiger partial charge in [-0.3, -0.25) is 0 Å². The smallest absolute Gasteiger partial charge is 0.135 e. The molecular weight excluding hydrogens is 268 g/mol. The van der Waals surface area contributed by atoms with Crippen molar-refractivity contribution in [2.45, 2.75) is 17.7 Å². The minimum atomic E-state index is 0.850. The van der Waals surface area contributed by atoms with Gasteiger partial charge in [-0.25, -0.2) is 9.97 Å². The number of hydrogen-bond donors (Lipinski definition) is 1. The van der Waals surface area contributed by atoms with E-state index in [1.54, 1.807) is 18.1 Å². The predicted molar refractivity (Wildman–Crippen MR) is 85.0 cm³/mol. The summed E-state index contributed by atoms with van der Waals surface area (Å²) in [6, 6.07) is 10.3. The summed E-state index contributed by atoms with van der Waals surface area (Å²) in [5, 5.41) is 3.39. The molecule has 4 nitrogen and oxygen atoms in total. The molecule has 1 saturated heterocycles. The van der Waals surface area contributed by atoms with Gasteiger partial charge in [-0.2, -0.15) is 0 Å². The Labute approximate surface area is 123 Å². The molecule has 2 heterocycles. The number of anilines is 3. The van der Waals surface area contributed by atoms with Crippen molar-refractivity contribution in [2.75, 3.05) is 29.6 Å². The molecule has 0 atom stereocenters. The third kappa shape index (κ3) is 2.88. The molecule has 20 heavy (non-hydrogen) atoms. The molecule has 5 heteroatoms. The number of aromatic nitrogens is 2. The zero-order valence-electron chi connectivity index (χ0n) is 11.5. The Morgan fingerprint density at radius 2 is 1.95 bits per heavy atom. The first kappa shape index (κ1) is 13.2. The molecule has 0 unspecified atom stereocenters. The third-order valence-electron chi connectivity index (χ3n) is 3.45. The van der Waals surface area contributed by atoms with E-state index >= 15 is 0 Å². The van der Waals surface area contributed by atoms with Gasteiger partial charge in [-0.15, -0.1) is 11.8 Å². The van der Waals surface area contributed by atoms with E-state index in [1.165, 1.54) is 17.7 Å². The van der Waals surface area contributed by atoms with Crippen molar-refractivity contribution in [3.8, 4) is 0 Å². The largest absolute Gasteiger partial charge is 0.356 e. The molecule has 1 aromatic carbocycles. The zero-order valence-corrected chi connectivity index (χ0v) is 12.4. The highest BCUT2D eigenvalue weighted by atomic mass is 32.2. The Kier molecular flexibility index (Phi) is 4.06. The Balaban J connectivity index is 1.82. The summed E-state index contributed by atoms with van der Waals surface area (Å²) < 4.78 is 0. The lowest BCUT2D eigenvalue weighted by Gasteiger charge is -2.17. The highest BCUT2D eigenvalue weighted by Gasteiger charge is 2.14. The number of nitrogens with one attached hydrogen (secondary N) is 1. The molecule has 0 saturated carbocycles. The van der Waals surface area contributed by atoms with E-state index in [9.17, 15) is 0 Å². The van der Waals surface area contributed by atoms with E-state index in [-0.39, 0.29) is 0 Å². The Morgan fingerprint density at radius 3 is 2.75 bits per heavy atom. The summed E-state index contributed by atoms with van der Waals surface area (Å²) in [6.07, 6.45) is 6.22. The minimum absolute atomic E-state index is 0.850. The molecule has 1 aromatic heterocycles. The van der Waals surface area contributed by atoms with Crippen LogP contribution in [0.4, 0.5) is 17.3 Å². The second kappa shape index (κ2) is 6.13. The van der Waals surface area contributed by atoms with E-state index in [0.717, 1.165) is 30.4 Å². The Morgan fingerprint density at radius 1 is 1.15 bits per heavy atom. The van der Waals surface area contributed by atoms with E-state index in [2.05, 4.69) is 38.6 Å². The summed E-state index contributed by atoms with van der Waals surface area (Å²) in [5.74, 6) is 1.87. The van der Waals surface area contributed by atoms with Gasteiger partial charge in [-0.1, -0.05) is 12.1 Å². The molecule has 2 aromatic rings. The van der Waals surface area contributed by atoms with Crippen LogP contribution in [0.3, 0.4) is 0 Å². The molecule has 104 valence electrons. The van der Waals surface area contributed by atoms with Crippen LogP contribution in [0, 0.1) is 0 Å². The summed E-state index contributed by atoms with van der Waals surface area (Å²) >= 11 is 1.73. The fourth-order valence-corrected chi connectivity index (χ4v) is 2.97. The summed E-state index contributed by atoms with van der Waals surface area (Å²) in [5.41, 5.74) is 1.09. The first-order valence-corrected chi connectivity index (χ1v) is 8.06. The fraction of sp³-hybridized carbons (Fsp3) is 0.333. The van der Waals surface area contributed by atoms with Crippen LogP contribution in [0.25, 0.3) is 0 Å². The van der Waals surface area contributed by atoms with Crippen molar-refractivity contribution in [2.24, 2.45) is 0 Å². The van der Waals surface area contributed by atoms with Gasteiger partial charge in [0, 0.05) is 24.1 Å². The SMILES string of the molecule is CSc1ccccc1Nc1cc(N2CCCC2)ncn1. The van der Waals surface area contributed by atoms with Gasteiger partial charge in [-0.05, 0) is 31.2 Å². The van der Waals surface area contributed by atoms with Gasteiger partial charge >= 0.3 is 0 Å². The lowest BCUT2D eigenvalue weighted by molar-refractivity contribution is 0.928. The normalized spacial score (nSPS) is 14.6. The first-order valence-electron chi connectivity index (χ1n) is 6.84. The summed E-state index contributed by atoms with van der Waals surface area (Å²) in [7, 11) is 0. The van der Waals surface area contributed by atoms with Gasteiger partial charge in [0.1, 0.15) is 18.0 Å². The van der Waals surface area contributed by atoms with Gasteiger partial charge in [0.25, 0.3) is 0 Å². The number of para-hydroxylation sites is 1. The lowest BCUT2D eigenvalue weighted by atomic mass is 10.3. The van der Waals surface area contributed by atoms with Gasteiger partial charge < -0.3 is 10.2 Å². The van der Waals surface area contributed by atoms with Crippen LogP contribution in [-0.4, -0.2) is 29.3 Å². The Hall–Kier alpha value is -1.75. The Bertz CT molecular complexity index is 582. The maximum absolute atomic E-state index is 4.38. The first-order chi connectivity index (χ1) is 9.86. The monoisotopic (exact) mass is 286 g/mol. The molecule has 1 aliphatic heterocycles. The summed E-state index contributed by atoms with van der Waals surface area (Å²) in [6.45, 7) is 2.19. The van der Waals surface area contributed by atoms with Crippen molar-refractivity contribution in [1.29, 1.82) is 0 Å². The third-order valence-corrected chi connectivity index (χ3v) is 4.25. The quantitative estimate of drug-likeness (QED) is 0.871. The van der Waals surface area contributed by atoms with Crippen LogP contribution in [0.2, 0.25) is 0 Å². The highest BCUT2D eigenvalue weighted by Crippen LogP contribution is 2.28. The van der Waals surface area contributed by atoms with Crippen LogP contribution in [0.15, 0.2) is 41.6 Å². The van der Waals surface area contributed by atoms with Crippen molar-refractivity contribution in [3.63, 3.8) is 0 Å². The zero-order chi connectivity index (χ0) is 13.8. The van der Waals surface area contributed by atoms with Gasteiger partial charge in [0.2, 0.25) is 0 Å². The molecule has 1 fully saturated rings. The number of benzene rings is 1. The van der Waals surface area contributed by atoms with E-state index < -0.39 is 0 Å². The van der Waals surface area contributed by atoms with Crippen molar-refractivity contribution < 1.29 is 0 Å². The fourth-order valence-electron chi connectivity index (χ4n) is 2.42. The van der Waals surface area contributed by atoms with Crippen molar-refractivity contribution >= 4 is 29.1 Å². The van der Waals surface area contributed by atoms with Crippen LogP contribution in [-0.2, 0) is 0 Å². The number of nitrogens with zero attached hydrogens (tertiary/aromatic N) is 3.